The van der Waals surface area contributed by atoms with Gasteiger partial charge in [-0.15, -0.1) is 0 Å². The molecule has 1 aliphatic heterocycles. The molecule has 1 saturated heterocycles. The van der Waals surface area contributed by atoms with Crippen LogP contribution in [0.15, 0.2) is 12.2 Å². The Morgan fingerprint density at radius 1 is 1.00 bits per heavy atom. The number of rotatable bonds is 12. The highest BCUT2D eigenvalue weighted by molar-refractivity contribution is 4.80. The molecule has 4 nitrogen and oxygen atoms in total. The zero-order chi connectivity index (χ0) is 14.3. The average Bonchev–Trinajstić information content (AvgIpc) is 2.49. The molecule has 0 bridgehead atoms. The van der Waals surface area contributed by atoms with Gasteiger partial charge in [0.25, 0.3) is 0 Å². The average molecular weight is 286 g/mol. The van der Waals surface area contributed by atoms with E-state index in [-0.39, 0.29) is 12.9 Å². The monoisotopic (exact) mass is 286 g/mol. The first kappa shape index (κ1) is 17.6. The van der Waals surface area contributed by atoms with Crippen molar-refractivity contribution >= 4 is 0 Å². The second-order valence-electron chi connectivity index (χ2n) is 5.11. The lowest BCUT2D eigenvalue weighted by atomic mass is 10.2. The van der Waals surface area contributed by atoms with Gasteiger partial charge < -0.3 is 19.3 Å². The van der Waals surface area contributed by atoms with Crippen LogP contribution in [0.5, 0.6) is 0 Å². The molecular weight excluding hydrogens is 256 g/mol. The van der Waals surface area contributed by atoms with Crippen molar-refractivity contribution in [2.45, 2.75) is 57.7 Å². The zero-order valence-electron chi connectivity index (χ0n) is 12.6. The number of hydrogen-bond acceptors (Lipinski definition) is 4. The van der Waals surface area contributed by atoms with E-state index in [9.17, 15) is 0 Å². The third-order valence-electron chi connectivity index (χ3n) is 3.29. The van der Waals surface area contributed by atoms with Gasteiger partial charge in [0, 0.05) is 19.8 Å². The molecule has 0 spiro atoms. The number of unbranched alkanes of at least 4 members (excludes halogenated alkanes) is 3. The van der Waals surface area contributed by atoms with Gasteiger partial charge in [0.1, 0.15) is 0 Å². The van der Waals surface area contributed by atoms with Crippen molar-refractivity contribution in [1.29, 1.82) is 0 Å². The van der Waals surface area contributed by atoms with Crippen molar-refractivity contribution in [3.63, 3.8) is 0 Å². The molecule has 0 aromatic heterocycles. The van der Waals surface area contributed by atoms with Gasteiger partial charge in [0.15, 0.2) is 6.29 Å². The fraction of sp³-hybridized carbons (Fsp3) is 0.875. The number of ether oxygens (including phenoxy) is 3. The van der Waals surface area contributed by atoms with Gasteiger partial charge in [0.05, 0.1) is 13.2 Å². The number of aliphatic hydroxyl groups excluding tert-OH is 1. The van der Waals surface area contributed by atoms with E-state index < -0.39 is 0 Å². The van der Waals surface area contributed by atoms with Crippen molar-refractivity contribution in [2.75, 3.05) is 33.0 Å². The first-order valence-electron chi connectivity index (χ1n) is 8.00. The second-order valence-corrected chi connectivity index (χ2v) is 5.11. The quantitative estimate of drug-likeness (QED) is 0.442. The Hall–Kier alpha value is -0.420. The van der Waals surface area contributed by atoms with E-state index in [0.29, 0.717) is 13.2 Å². The van der Waals surface area contributed by atoms with Crippen LogP contribution in [0.2, 0.25) is 0 Å². The number of hydrogen-bond donors (Lipinski definition) is 1. The summed E-state index contributed by atoms with van der Waals surface area (Å²) >= 11 is 0. The van der Waals surface area contributed by atoms with Crippen LogP contribution in [0.3, 0.4) is 0 Å². The molecule has 1 heterocycles. The SMILES string of the molecule is OCC/C=C\CCCCCOCCOC1CCCCO1. The molecule has 0 aromatic carbocycles. The van der Waals surface area contributed by atoms with Gasteiger partial charge in [-0.2, -0.15) is 0 Å². The standard InChI is InChI=1S/C16H30O4/c17-11-7-4-2-1-3-5-8-12-18-14-15-20-16-10-6-9-13-19-16/h2,4,16-17H,1,3,5-15H2/b4-2-. The fourth-order valence-electron chi connectivity index (χ4n) is 2.14. The molecule has 0 saturated carbocycles. The van der Waals surface area contributed by atoms with Gasteiger partial charge in [-0.05, 0) is 44.9 Å². The third-order valence-corrected chi connectivity index (χ3v) is 3.29. The van der Waals surface area contributed by atoms with Crippen LogP contribution in [0, 0.1) is 0 Å². The normalized spacial score (nSPS) is 19.8. The van der Waals surface area contributed by atoms with E-state index in [0.717, 1.165) is 45.3 Å². The molecule has 1 unspecified atom stereocenters. The van der Waals surface area contributed by atoms with Crippen molar-refractivity contribution in [1.82, 2.24) is 0 Å². The van der Waals surface area contributed by atoms with Crippen LogP contribution in [0.1, 0.15) is 51.4 Å². The van der Waals surface area contributed by atoms with E-state index in [1.54, 1.807) is 0 Å². The summed E-state index contributed by atoms with van der Waals surface area (Å²) in [5.41, 5.74) is 0. The Morgan fingerprint density at radius 2 is 1.90 bits per heavy atom. The Balaban J connectivity index is 1.74. The van der Waals surface area contributed by atoms with Crippen molar-refractivity contribution in [3.8, 4) is 0 Å². The zero-order valence-corrected chi connectivity index (χ0v) is 12.6. The first-order chi connectivity index (χ1) is 9.93. The third kappa shape index (κ3) is 10.4. The van der Waals surface area contributed by atoms with E-state index in [1.165, 1.54) is 19.3 Å². The summed E-state index contributed by atoms with van der Waals surface area (Å²) in [6.07, 6.45) is 12.9. The Kier molecular flexibility index (Phi) is 12.0. The van der Waals surface area contributed by atoms with Crippen LogP contribution in [-0.2, 0) is 14.2 Å². The Morgan fingerprint density at radius 3 is 2.70 bits per heavy atom. The largest absolute Gasteiger partial charge is 0.396 e. The molecular formula is C16H30O4. The fourth-order valence-corrected chi connectivity index (χ4v) is 2.14. The summed E-state index contributed by atoms with van der Waals surface area (Å²) in [5.74, 6) is 0. The van der Waals surface area contributed by atoms with Crippen molar-refractivity contribution in [3.05, 3.63) is 12.2 Å². The van der Waals surface area contributed by atoms with Crippen LogP contribution in [-0.4, -0.2) is 44.4 Å². The van der Waals surface area contributed by atoms with E-state index in [1.807, 2.05) is 6.08 Å². The molecule has 0 aliphatic carbocycles. The summed E-state index contributed by atoms with van der Waals surface area (Å²) < 4.78 is 16.6. The molecule has 1 rings (SSSR count). The summed E-state index contributed by atoms with van der Waals surface area (Å²) in [6.45, 7) is 3.19. The predicted octanol–water partition coefficient (Wildman–Crippen LogP) is 3.05. The van der Waals surface area contributed by atoms with Crippen molar-refractivity contribution in [2.24, 2.45) is 0 Å². The maximum absolute atomic E-state index is 8.61. The smallest absolute Gasteiger partial charge is 0.157 e. The summed E-state index contributed by atoms with van der Waals surface area (Å²) in [6, 6.07) is 0. The Labute approximate surface area is 123 Å². The van der Waals surface area contributed by atoms with Gasteiger partial charge in [-0.1, -0.05) is 18.6 Å². The maximum Gasteiger partial charge on any atom is 0.157 e. The highest BCUT2D eigenvalue weighted by Gasteiger charge is 2.13. The molecule has 1 fully saturated rings. The van der Waals surface area contributed by atoms with Crippen LogP contribution in [0.25, 0.3) is 0 Å². The molecule has 1 aliphatic rings. The maximum atomic E-state index is 8.61. The summed E-state index contributed by atoms with van der Waals surface area (Å²) in [4.78, 5) is 0. The van der Waals surface area contributed by atoms with Gasteiger partial charge in [-0.25, -0.2) is 0 Å². The molecule has 4 heteroatoms. The number of aliphatic hydroxyl groups is 1. The summed E-state index contributed by atoms with van der Waals surface area (Å²) in [5, 5.41) is 8.61. The molecule has 20 heavy (non-hydrogen) atoms. The molecule has 1 atom stereocenters. The summed E-state index contributed by atoms with van der Waals surface area (Å²) in [7, 11) is 0. The molecule has 118 valence electrons. The van der Waals surface area contributed by atoms with Gasteiger partial charge >= 0.3 is 0 Å². The lowest BCUT2D eigenvalue weighted by molar-refractivity contribution is -0.169. The van der Waals surface area contributed by atoms with E-state index in [4.69, 9.17) is 19.3 Å². The van der Waals surface area contributed by atoms with Crippen LogP contribution in [0.4, 0.5) is 0 Å². The molecule has 0 amide bonds. The minimum atomic E-state index is -0.00180. The minimum Gasteiger partial charge on any atom is -0.396 e. The number of allylic oxidation sites excluding steroid dienone is 1. The molecule has 0 aromatic rings. The minimum absolute atomic E-state index is 0.00180. The predicted molar refractivity (Wildman–Crippen MR) is 79.7 cm³/mol. The van der Waals surface area contributed by atoms with Crippen molar-refractivity contribution < 1.29 is 19.3 Å². The second kappa shape index (κ2) is 13.6. The van der Waals surface area contributed by atoms with Crippen LogP contribution >= 0.6 is 0 Å². The van der Waals surface area contributed by atoms with Gasteiger partial charge in [0.2, 0.25) is 0 Å². The van der Waals surface area contributed by atoms with E-state index >= 15 is 0 Å². The first-order valence-corrected chi connectivity index (χ1v) is 8.00. The topological polar surface area (TPSA) is 47.9 Å². The molecule has 0 radical (unpaired) electrons. The highest BCUT2D eigenvalue weighted by Crippen LogP contribution is 2.13. The van der Waals surface area contributed by atoms with Crippen LogP contribution < -0.4 is 0 Å². The molecule has 1 N–H and O–H groups in total. The lowest BCUT2D eigenvalue weighted by Crippen LogP contribution is -2.24. The lowest BCUT2D eigenvalue weighted by Gasteiger charge is -2.22. The van der Waals surface area contributed by atoms with Gasteiger partial charge in [-0.3, -0.25) is 0 Å². The Bertz CT molecular complexity index is 225. The van der Waals surface area contributed by atoms with E-state index in [2.05, 4.69) is 6.08 Å². The highest BCUT2D eigenvalue weighted by atomic mass is 16.7.